The molecule has 1 aliphatic heterocycles. The SMILES string of the molecule is COc1ccc(S(=O)(=O)NCC(c2ccco2)N2CCCCC2)c([N+](=O)[O-])c1. The standard InChI is InChI=1S/C18H23N3O6S/c1-26-14-7-8-18(15(12-14)21(22)23)28(24,25)19-13-16(17-6-5-11-27-17)20-9-3-2-4-10-20/h5-8,11-12,16,19H,2-4,9-10,13H2,1H3. The van der Waals surface area contributed by atoms with Crippen molar-refractivity contribution in [2.45, 2.75) is 30.2 Å². The maximum absolute atomic E-state index is 12.8. The fourth-order valence-corrected chi connectivity index (χ4v) is 4.57. The van der Waals surface area contributed by atoms with Crippen molar-refractivity contribution in [1.29, 1.82) is 0 Å². The number of likely N-dealkylation sites (tertiary alicyclic amines) is 1. The molecule has 1 aliphatic rings. The molecule has 1 unspecified atom stereocenters. The third-order valence-corrected chi connectivity index (χ3v) is 6.29. The minimum absolute atomic E-state index is 0.0546. The summed E-state index contributed by atoms with van der Waals surface area (Å²) in [5, 5.41) is 11.3. The van der Waals surface area contributed by atoms with Crippen LogP contribution in [0.5, 0.6) is 5.75 Å². The molecule has 3 rings (SSSR count). The minimum Gasteiger partial charge on any atom is -0.497 e. The molecule has 0 saturated carbocycles. The van der Waals surface area contributed by atoms with Crippen molar-refractivity contribution in [3.8, 4) is 5.75 Å². The molecule has 1 N–H and O–H groups in total. The number of rotatable bonds is 8. The normalized spacial score (nSPS) is 16.6. The number of ether oxygens (including phenoxy) is 1. The first-order valence-electron chi connectivity index (χ1n) is 9.02. The molecule has 2 heterocycles. The number of nitro groups is 1. The molecule has 0 amide bonds. The predicted molar refractivity (Wildman–Crippen MR) is 102 cm³/mol. The number of nitrogens with one attached hydrogen (secondary N) is 1. The molecule has 1 atom stereocenters. The van der Waals surface area contributed by atoms with E-state index in [9.17, 15) is 18.5 Å². The van der Waals surface area contributed by atoms with Crippen LogP contribution in [-0.4, -0.2) is 45.0 Å². The smallest absolute Gasteiger partial charge is 0.293 e. The number of nitrogens with zero attached hydrogens (tertiary/aromatic N) is 2. The van der Waals surface area contributed by atoms with Crippen LogP contribution in [0, 0.1) is 10.1 Å². The Labute approximate surface area is 163 Å². The van der Waals surface area contributed by atoms with Crippen LogP contribution < -0.4 is 9.46 Å². The third kappa shape index (κ3) is 4.51. The molecule has 9 nitrogen and oxygen atoms in total. The lowest BCUT2D eigenvalue weighted by atomic mass is 10.1. The van der Waals surface area contributed by atoms with Gasteiger partial charge in [-0.1, -0.05) is 6.42 Å². The van der Waals surface area contributed by atoms with Gasteiger partial charge >= 0.3 is 0 Å². The molecule has 0 aliphatic carbocycles. The Kier molecular flexibility index (Phi) is 6.32. The van der Waals surface area contributed by atoms with E-state index in [1.807, 2.05) is 6.07 Å². The van der Waals surface area contributed by atoms with Gasteiger partial charge in [0.15, 0.2) is 4.90 Å². The van der Waals surface area contributed by atoms with E-state index in [1.54, 1.807) is 12.3 Å². The zero-order chi connectivity index (χ0) is 20.1. The molecule has 1 aromatic heterocycles. The summed E-state index contributed by atoms with van der Waals surface area (Å²) in [6.45, 7) is 1.74. The van der Waals surface area contributed by atoms with E-state index >= 15 is 0 Å². The second kappa shape index (κ2) is 8.72. The van der Waals surface area contributed by atoms with Gasteiger partial charge in [0.2, 0.25) is 10.0 Å². The van der Waals surface area contributed by atoms with Gasteiger partial charge in [0.25, 0.3) is 5.69 Å². The molecule has 1 fully saturated rings. The average molecular weight is 409 g/mol. The lowest BCUT2D eigenvalue weighted by Crippen LogP contribution is -2.40. The molecule has 0 spiro atoms. The summed E-state index contributed by atoms with van der Waals surface area (Å²) in [7, 11) is -2.74. The van der Waals surface area contributed by atoms with Gasteiger partial charge in [0.1, 0.15) is 11.5 Å². The van der Waals surface area contributed by atoms with Crippen LogP contribution >= 0.6 is 0 Å². The Hall–Kier alpha value is -2.43. The Morgan fingerprint density at radius 1 is 1.29 bits per heavy atom. The summed E-state index contributed by atoms with van der Waals surface area (Å²) in [5.41, 5.74) is -0.528. The van der Waals surface area contributed by atoms with Crippen LogP contribution in [-0.2, 0) is 10.0 Å². The van der Waals surface area contributed by atoms with Gasteiger partial charge in [-0.3, -0.25) is 15.0 Å². The highest BCUT2D eigenvalue weighted by atomic mass is 32.2. The monoisotopic (exact) mass is 409 g/mol. The van der Waals surface area contributed by atoms with Gasteiger partial charge in [-0.2, -0.15) is 0 Å². The molecule has 10 heteroatoms. The summed E-state index contributed by atoms with van der Waals surface area (Å²) in [4.78, 5) is 12.4. The van der Waals surface area contributed by atoms with Gasteiger partial charge < -0.3 is 9.15 Å². The van der Waals surface area contributed by atoms with E-state index in [4.69, 9.17) is 9.15 Å². The van der Waals surface area contributed by atoms with Crippen molar-refractivity contribution in [2.24, 2.45) is 0 Å². The molecule has 152 valence electrons. The summed E-state index contributed by atoms with van der Waals surface area (Å²) < 4.78 is 38.6. The van der Waals surface area contributed by atoms with E-state index in [2.05, 4.69) is 9.62 Å². The highest BCUT2D eigenvalue weighted by molar-refractivity contribution is 7.89. The maximum atomic E-state index is 12.8. The van der Waals surface area contributed by atoms with Crippen LogP contribution in [0.15, 0.2) is 45.9 Å². The van der Waals surface area contributed by atoms with Crippen LogP contribution in [0.3, 0.4) is 0 Å². The van der Waals surface area contributed by atoms with Crippen molar-refractivity contribution in [3.63, 3.8) is 0 Å². The van der Waals surface area contributed by atoms with E-state index in [-0.39, 0.29) is 18.3 Å². The minimum atomic E-state index is -4.10. The zero-order valence-corrected chi connectivity index (χ0v) is 16.4. The third-order valence-electron chi connectivity index (χ3n) is 4.82. The van der Waals surface area contributed by atoms with Gasteiger partial charge in [0.05, 0.1) is 30.4 Å². The van der Waals surface area contributed by atoms with E-state index in [0.29, 0.717) is 5.76 Å². The van der Waals surface area contributed by atoms with E-state index in [1.165, 1.54) is 19.2 Å². The van der Waals surface area contributed by atoms with Gasteiger partial charge in [-0.25, -0.2) is 13.1 Å². The molecule has 1 saturated heterocycles. The second-order valence-electron chi connectivity index (χ2n) is 6.57. The summed E-state index contributed by atoms with van der Waals surface area (Å²) >= 11 is 0. The molecule has 2 aromatic rings. The summed E-state index contributed by atoms with van der Waals surface area (Å²) in [6, 6.07) is 6.96. The molecular formula is C18H23N3O6S. The highest BCUT2D eigenvalue weighted by Gasteiger charge is 2.30. The van der Waals surface area contributed by atoms with Crippen molar-refractivity contribution >= 4 is 15.7 Å². The highest BCUT2D eigenvalue weighted by Crippen LogP contribution is 2.29. The van der Waals surface area contributed by atoms with E-state index in [0.717, 1.165) is 38.4 Å². The zero-order valence-electron chi connectivity index (χ0n) is 15.5. The van der Waals surface area contributed by atoms with Gasteiger partial charge in [-0.15, -0.1) is 0 Å². The lowest BCUT2D eigenvalue weighted by Gasteiger charge is -2.33. The largest absolute Gasteiger partial charge is 0.497 e. The first-order chi connectivity index (χ1) is 13.4. The van der Waals surface area contributed by atoms with Crippen molar-refractivity contribution in [3.05, 3.63) is 52.5 Å². The van der Waals surface area contributed by atoms with Crippen molar-refractivity contribution in [2.75, 3.05) is 26.7 Å². The van der Waals surface area contributed by atoms with Gasteiger partial charge in [-0.05, 0) is 50.2 Å². The molecule has 28 heavy (non-hydrogen) atoms. The predicted octanol–water partition coefficient (Wildman–Crippen LogP) is 2.70. The number of methoxy groups -OCH3 is 1. The van der Waals surface area contributed by atoms with Crippen LogP contribution in [0.4, 0.5) is 5.69 Å². The van der Waals surface area contributed by atoms with E-state index < -0.39 is 25.5 Å². The number of nitro benzene ring substituents is 1. The number of hydrogen-bond donors (Lipinski definition) is 1. The van der Waals surface area contributed by atoms with Gasteiger partial charge in [0, 0.05) is 6.54 Å². The number of sulfonamides is 1. The Bertz CT molecular complexity index is 907. The fourth-order valence-electron chi connectivity index (χ4n) is 3.38. The Morgan fingerprint density at radius 3 is 2.64 bits per heavy atom. The van der Waals surface area contributed by atoms with Crippen molar-refractivity contribution < 1.29 is 22.5 Å². The quantitative estimate of drug-likeness (QED) is 0.526. The second-order valence-corrected chi connectivity index (χ2v) is 8.31. The Balaban J connectivity index is 1.84. The summed E-state index contributed by atoms with van der Waals surface area (Å²) in [6.07, 6.45) is 4.77. The molecule has 1 aromatic carbocycles. The van der Waals surface area contributed by atoms with Crippen LogP contribution in [0.2, 0.25) is 0 Å². The van der Waals surface area contributed by atoms with Crippen molar-refractivity contribution in [1.82, 2.24) is 9.62 Å². The Morgan fingerprint density at radius 2 is 2.04 bits per heavy atom. The molecular weight excluding hydrogens is 386 g/mol. The van der Waals surface area contributed by atoms with Crippen LogP contribution in [0.1, 0.15) is 31.1 Å². The average Bonchev–Trinajstić information content (AvgIpc) is 3.23. The first kappa shape index (κ1) is 20.3. The number of furan rings is 1. The first-order valence-corrected chi connectivity index (χ1v) is 10.5. The number of benzene rings is 1. The molecule has 0 radical (unpaired) electrons. The number of piperidine rings is 1. The number of hydrogen-bond acceptors (Lipinski definition) is 7. The van der Waals surface area contributed by atoms with Crippen LogP contribution in [0.25, 0.3) is 0 Å². The molecule has 0 bridgehead atoms. The maximum Gasteiger partial charge on any atom is 0.293 e. The lowest BCUT2D eigenvalue weighted by molar-refractivity contribution is -0.387. The fraction of sp³-hybridized carbons (Fsp3) is 0.444. The topological polar surface area (TPSA) is 115 Å². The summed E-state index contributed by atoms with van der Waals surface area (Å²) in [5.74, 6) is 0.876.